The molecular formula is C12H13N3O3. The van der Waals surface area contributed by atoms with E-state index in [1.165, 1.54) is 0 Å². The van der Waals surface area contributed by atoms with E-state index in [2.05, 4.69) is 10.0 Å². The fourth-order valence-corrected chi connectivity index (χ4v) is 2.44. The van der Waals surface area contributed by atoms with Crippen molar-refractivity contribution < 1.29 is 14.6 Å². The van der Waals surface area contributed by atoms with Gasteiger partial charge in [-0.25, -0.2) is 0 Å². The Morgan fingerprint density at radius 2 is 2.44 bits per heavy atom. The molecule has 0 unspecified atom stereocenters. The Morgan fingerprint density at radius 3 is 3.06 bits per heavy atom. The molecule has 6 heteroatoms. The summed E-state index contributed by atoms with van der Waals surface area (Å²) in [7, 11) is 1.59. The molecule has 1 aliphatic rings. The lowest BCUT2D eigenvalue weighted by molar-refractivity contribution is -0.139. The van der Waals surface area contributed by atoms with Crippen LogP contribution in [0.5, 0.6) is 5.75 Å². The summed E-state index contributed by atoms with van der Waals surface area (Å²) in [5, 5.41) is 12.5. The molecule has 0 aromatic heterocycles. The monoisotopic (exact) mass is 247 g/mol. The number of carbonyl (C=O) groups is 1. The molecule has 1 aromatic carbocycles. The molecular weight excluding hydrogens is 234 g/mol. The van der Waals surface area contributed by atoms with Gasteiger partial charge in [0.15, 0.2) is 0 Å². The Bertz CT molecular complexity index is 521. The van der Waals surface area contributed by atoms with E-state index in [1.807, 2.05) is 12.1 Å². The number of carboxylic acids is 1. The highest BCUT2D eigenvalue weighted by Crippen LogP contribution is 2.38. The number of aliphatic carboxylic acids is 1. The molecule has 6 nitrogen and oxygen atoms in total. The minimum absolute atomic E-state index is 0.251. The summed E-state index contributed by atoms with van der Waals surface area (Å²) in [5.74, 6) is -0.578. The zero-order chi connectivity index (χ0) is 13.1. The lowest BCUT2D eigenvalue weighted by atomic mass is 9.94. The van der Waals surface area contributed by atoms with E-state index in [1.54, 1.807) is 13.2 Å². The Kier molecular flexibility index (Phi) is 3.39. The van der Waals surface area contributed by atoms with Crippen molar-refractivity contribution in [2.75, 3.05) is 7.11 Å². The standard InChI is InChI=1S/C12H13N3O3/c1-18-8-3-5-9-7(6-8)2-4-10(9)11(12(16)17)14-15-13/h3,5-6,10-11H,2,4H2,1H3,(H,16,17)/t10-,11-/m0/s1. The maximum Gasteiger partial charge on any atom is 0.313 e. The zero-order valence-corrected chi connectivity index (χ0v) is 9.91. The fourth-order valence-electron chi connectivity index (χ4n) is 2.44. The minimum atomic E-state index is -1.08. The van der Waals surface area contributed by atoms with Crippen LogP contribution in [-0.2, 0) is 11.2 Å². The van der Waals surface area contributed by atoms with E-state index in [-0.39, 0.29) is 5.92 Å². The third kappa shape index (κ3) is 2.10. The van der Waals surface area contributed by atoms with E-state index in [9.17, 15) is 4.79 Å². The Labute approximate surface area is 104 Å². The van der Waals surface area contributed by atoms with Gasteiger partial charge >= 0.3 is 5.97 Å². The fraction of sp³-hybridized carbons (Fsp3) is 0.417. The molecule has 94 valence electrons. The predicted molar refractivity (Wildman–Crippen MR) is 64.6 cm³/mol. The first kappa shape index (κ1) is 12.3. The van der Waals surface area contributed by atoms with Crippen LogP contribution >= 0.6 is 0 Å². The van der Waals surface area contributed by atoms with Crippen molar-refractivity contribution in [3.05, 3.63) is 39.8 Å². The second-order valence-corrected chi connectivity index (χ2v) is 4.20. The summed E-state index contributed by atoms with van der Waals surface area (Å²) in [4.78, 5) is 13.7. The average molecular weight is 247 g/mol. The molecule has 0 saturated carbocycles. The average Bonchev–Trinajstić information content (AvgIpc) is 2.78. The first-order chi connectivity index (χ1) is 8.67. The molecule has 18 heavy (non-hydrogen) atoms. The molecule has 1 aliphatic carbocycles. The van der Waals surface area contributed by atoms with Crippen LogP contribution in [0.15, 0.2) is 23.3 Å². The molecule has 0 fully saturated rings. The number of fused-ring (bicyclic) bond motifs is 1. The van der Waals surface area contributed by atoms with Crippen LogP contribution in [0.4, 0.5) is 0 Å². The highest BCUT2D eigenvalue weighted by atomic mass is 16.5. The Balaban J connectivity index is 2.36. The molecule has 0 spiro atoms. The zero-order valence-electron chi connectivity index (χ0n) is 9.91. The summed E-state index contributed by atoms with van der Waals surface area (Å²) in [6.45, 7) is 0. The van der Waals surface area contributed by atoms with E-state index in [0.717, 1.165) is 23.3 Å². The van der Waals surface area contributed by atoms with Gasteiger partial charge in [0.25, 0.3) is 0 Å². The van der Waals surface area contributed by atoms with Gasteiger partial charge < -0.3 is 9.84 Å². The topological polar surface area (TPSA) is 95.3 Å². The van der Waals surface area contributed by atoms with Gasteiger partial charge in [-0.05, 0) is 41.6 Å². The first-order valence-electron chi connectivity index (χ1n) is 5.61. The van der Waals surface area contributed by atoms with E-state index >= 15 is 0 Å². The quantitative estimate of drug-likeness (QED) is 0.503. The highest BCUT2D eigenvalue weighted by molar-refractivity contribution is 5.75. The Morgan fingerprint density at radius 1 is 1.67 bits per heavy atom. The smallest absolute Gasteiger partial charge is 0.313 e. The second kappa shape index (κ2) is 4.98. The second-order valence-electron chi connectivity index (χ2n) is 4.20. The molecule has 0 heterocycles. The lowest BCUT2D eigenvalue weighted by Gasteiger charge is -2.15. The van der Waals surface area contributed by atoms with E-state index in [4.69, 9.17) is 15.4 Å². The van der Waals surface area contributed by atoms with Crippen molar-refractivity contribution in [2.45, 2.75) is 24.8 Å². The van der Waals surface area contributed by atoms with Crippen molar-refractivity contribution in [3.8, 4) is 5.75 Å². The number of ether oxygens (including phenoxy) is 1. The van der Waals surface area contributed by atoms with Gasteiger partial charge in [-0.3, -0.25) is 4.79 Å². The van der Waals surface area contributed by atoms with Gasteiger partial charge in [-0.15, -0.1) is 0 Å². The molecule has 0 saturated heterocycles. The third-order valence-electron chi connectivity index (χ3n) is 3.28. The SMILES string of the molecule is COc1ccc2c(c1)CC[C@@H]2[C@H](N=[N+]=[N-])C(=O)O. The maximum atomic E-state index is 11.1. The third-order valence-corrected chi connectivity index (χ3v) is 3.28. The van der Waals surface area contributed by atoms with Crippen molar-refractivity contribution in [2.24, 2.45) is 5.11 Å². The maximum absolute atomic E-state index is 11.1. The summed E-state index contributed by atoms with van der Waals surface area (Å²) in [6.07, 6.45) is 1.46. The number of hydrogen-bond acceptors (Lipinski definition) is 3. The number of aryl methyl sites for hydroxylation is 1. The van der Waals surface area contributed by atoms with Gasteiger partial charge in [0, 0.05) is 10.8 Å². The molecule has 0 aliphatic heterocycles. The number of methoxy groups -OCH3 is 1. The van der Waals surface area contributed by atoms with Crippen molar-refractivity contribution in [3.63, 3.8) is 0 Å². The van der Waals surface area contributed by atoms with Crippen molar-refractivity contribution >= 4 is 5.97 Å². The number of benzene rings is 1. The van der Waals surface area contributed by atoms with Crippen LogP contribution in [0.2, 0.25) is 0 Å². The van der Waals surface area contributed by atoms with Crippen molar-refractivity contribution in [1.82, 2.24) is 0 Å². The molecule has 0 amide bonds. The normalized spacial score (nSPS) is 18.6. The lowest BCUT2D eigenvalue weighted by Crippen LogP contribution is -2.24. The number of azide groups is 1. The number of rotatable bonds is 4. The van der Waals surface area contributed by atoms with Crippen LogP contribution in [-0.4, -0.2) is 24.2 Å². The molecule has 1 N–H and O–H groups in total. The molecule has 0 bridgehead atoms. The first-order valence-corrected chi connectivity index (χ1v) is 5.61. The van der Waals surface area contributed by atoms with E-state index < -0.39 is 12.0 Å². The predicted octanol–water partition coefficient (Wildman–Crippen LogP) is 2.49. The van der Waals surface area contributed by atoms with Gasteiger partial charge in [-0.1, -0.05) is 11.2 Å². The van der Waals surface area contributed by atoms with Gasteiger partial charge in [-0.2, -0.15) is 0 Å². The van der Waals surface area contributed by atoms with E-state index in [0.29, 0.717) is 6.42 Å². The molecule has 0 radical (unpaired) electrons. The number of nitrogens with zero attached hydrogens (tertiary/aromatic N) is 3. The largest absolute Gasteiger partial charge is 0.497 e. The Hall–Kier alpha value is -2.20. The van der Waals surface area contributed by atoms with Crippen LogP contribution in [0.1, 0.15) is 23.5 Å². The van der Waals surface area contributed by atoms with Crippen LogP contribution < -0.4 is 4.74 Å². The number of hydrogen-bond donors (Lipinski definition) is 1. The van der Waals surface area contributed by atoms with Gasteiger partial charge in [0.05, 0.1) is 7.11 Å². The highest BCUT2D eigenvalue weighted by Gasteiger charge is 2.33. The number of carboxylic acid groups (broad SMARTS) is 1. The summed E-state index contributed by atoms with van der Waals surface area (Å²) < 4.78 is 5.13. The molecule has 1 aromatic rings. The van der Waals surface area contributed by atoms with Crippen LogP contribution in [0.25, 0.3) is 10.4 Å². The van der Waals surface area contributed by atoms with Gasteiger partial charge in [0.1, 0.15) is 11.8 Å². The van der Waals surface area contributed by atoms with Crippen molar-refractivity contribution in [1.29, 1.82) is 0 Å². The molecule has 2 atom stereocenters. The van der Waals surface area contributed by atoms with Crippen LogP contribution in [0, 0.1) is 0 Å². The summed E-state index contributed by atoms with van der Waals surface area (Å²) in [5.41, 5.74) is 10.5. The van der Waals surface area contributed by atoms with Gasteiger partial charge in [0.2, 0.25) is 0 Å². The summed E-state index contributed by atoms with van der Waals surface area (Å²) in [6, 6.07) is 4.52. The molecule has 2 rings (SSSR count). The van der Waals surface area contributed by atoms with Crippen LogP contribution in [0.3, 0.4) is 0 Å². The summed E-state index contributed by atoms with van der Waals surface area (Å²) >= 11 is 0. The minimum Gasteiger partial charge on any atom is -0.497 e.